The van der Waals surface area contributed by atoms with Crippen LogP contribution in [0.1, 0.15) is 18.4 Å². The van der Waals surface area contributed by atoms with E-state index >= 15 is 0 Å². The average molecular weight is 438 g/mol. The molecule has 0 unspecified atom stereocenters. The highest BCUT2D eigenvalue weighted by atomic mass is 16.5. The first kappa shape index (κ1) is 22.1. The molecule has 170 valence electrons. The Labute approximate surface area is 188 Å². The number of nitrogens with one attached hydrogen (secondary N) is 2. The number of piperidine rings is 1. The van der Waals surface area contributed by atoms with Gasteiger partial charge in [0.2, 0.25) is 5.91 Å². The lowest BCUT2D eigenvalue weighted by molar-refractivity contribution is -0.131. The summed E-state index contributed by atoms with van der Waals surface area (Å²) in [5.41, 5.74) is 2.35. The molecule has 1 aromatic heterocycles. The third-order valence-electron chi connectivity index (χ3n) is 6.10. The molecule has 0 radical (unpaired) electrons. The summed E-state index contributed by atoms with van der Waals surface area (Å²) in [4.78, 5) is 33.0. The van der Waals surface area contributed by atoms with E-state index in [9.17, 15) is 9.59 Å². The molecule has 2 N–H and O–H groups in total. The van der Waals surface area contributed by atoms with E-state index in [4.69, 9.17) is 4.74 Å². The highest BCUT2D eigenvalue weighted by molar-refractivity contribution is 5.91. The largest absolute Gasteiger partial charge is 0.378 e. The number of carbonyl (C=O) groups excluding carboxylic acids is 2. The molecule has 3 amide bonds. The van der Waals surface area contributed by atoms with E-state index in [1.54, 1.807) is 12.3 Å². The van der Waals surface area contributed by atoms with Gasteiger partial charge in [-0.2, -0.15) is 0 Å². The SMILES string of the molecule is O=C(NCC(=O)N1CCC(Cc2ccccc2)CC1)Nc1ccc(N2CCOCC2)cn1. The molecule has 0 aliphatic carbocycles. The second-order valence-corrected chi connectivity index (χ2v) is 8.32. The topological polar surface area (TPSA) is 86.8 Å². The van der Waals surface area contributed by atoms with Gasteiger partial charge in [0.05, 0.1) is 31.6 Å². The molecule has 8 heteroatoms. The van der Waals surface area contributed by atoms with E-state index < -0.39 is 6.03 Å². The van der Waals surface area contributed by atoms with Crippen LogP contribution in [0.3, 0.4) is 0 Å². The molecular weight excluding hydrogens is 406 g/mol. The van der Waals surface area contributed by atoms with E-state index in [-0.39, 0.29) is 12.5 Å². The number of hydrogen-bond donors (Lipinski definition) is 2. The number of hydrogen-bond acceptors (Lipinski definition) is 5. The summed E-state index contributed by atoms with van der Waals surface area (Å²) >= 11 is 0. The first-order valence-electron chi connectivity index (χ1n) is 11.3. The van der Waals surface area contributed by atoms with Gasteiger partial charge >= 0.3 is 6.03 Å². The van der Waals surface area contributed by atoms with E-state index in [2.05, 4.69) is 44.8 Å². The molecule has 32 heavy (non-hydrogen) atoms. The third-order valence-corrected chi connectivity index (χ3v) is 6.10. The molecule has 0 atom stereocenters. The van der Waals surface area contributed by atoms with Gasteiger partial charge in [-0.15, -0.1) is 0 Å². The summed E-state index contributed by atoms with van der Waals surface area (Å²) in [7, 11) is 0. The number of benzene rings is 1. The molecule has 3 heterocycles. The smallest absolute Gasteiger partial charge is 0.320 e. The van der Waals surface area contributed by atoms with Crippen molar-refractivity contribution in [1.82, 2.24) is 15.2 Å². The van der Waals surface area contributed by atoms with Crippen LogP contribution in [0.25, 0.3) is 0 Å². The van der Waals surface area contributed by atoms with Crippen LogP contribution in [0.2, 0.25) is 0 Å². The Morgan fingerprint density at radius 3 is 2.44 bits per heavy atom. The fraction of sp³-hybridized carbons (Fsp3) is 0.458. The maximum atomic E-state index is 12.5. The van der Waals surface area contributed by atoms with Gasteiger partial charge in [0.15, 0.2) is 0 Å². The number of morpholine rings is 1. The van der Waals surface area contributed by atoms with Crippen LogP contribution in [0.5, 0.6) is 0 Å². The highest BCUT2D eigenvalue weighted by Crippen LogP contribution is 2.21. The predicted molar refractivity (Wildman–Crippen MR) is 124 cm³/mol. The van der Waals surface area contributed by atoms with Crippen LogP contribution >= 0.6 is 0 Å². The number of ether oxygens (including phenoxy) is 1. The predicted octanol–water partition coefficient (Wildman–Crippen LogP) is 2.52. The lowest BCUT2D eigenvalue weighted by atomic mass is 9.90. The number of nitrogens with zero attached hydrogens (tertiary/aromatic N) is 3. The Morgan fingerprint density at radius 2 is 1.75 bits per heavy atom. The van der Waals surface area contributed by atoms with Gasteiger partial charge in [0.1, 0.15) is 5.82 Å². The maximum Gasteiger partial charge on any atom is 0.320 e. The molecule has 0 bridgehead atoms. The van der Waals surface area contributed by atoms with Crippen LogP contribution in [-0.4, -0.2) is 67.8 Å². The molecule has 4 rings (SSSR count). The number of carbonyl (C=O) groups is 2. The minimum atomic E-state index is -0.427. The van der Waals surface area contributed by atoms with Crippen molar-refractivity contribution in [3.63, 3.8) is 0 Å². The summed E-state index contributed by atoms with van der Waals surface area (Å²) in [6.07, 6.45) is 4.78. The summed E-state index contributed by atoms with van der Waals surface area (Å²) in [6, 6.07) is 13.8. The number of amides is 3. The number of urea groups is 1. The minimum absolute atomic E-state index is 0.0129. The summed E-state index contributed by atoms with van der Waals surface area (Å²) < 4.78 is 5.36. The highest BCUT2D eigenvalue weighted by Gasteiger charge is 2.23. The fourth-order valence-electron chi connectivity index (χ4n) is 4.23. The lowest BCUT2D eigenvalue weighted by Crippen LogP contribution is -2.45. The van der Waals surface area contributed by atoms with Gasteiger partial charge in [-0.3, -0.25) is 10.1 Å². The Hall–Kier alpha value is -3.13. The average Bonchev–Trinajstić information content (AvgIpc) is 2.85. The quantitative estimate of drug-likeness (QED) is 0.725. The van der Waals surface area contributed by atoms with Crippen LogP contribution in [0, 0.1) is 5.92 Å². The third kappa shape index (κ3) is 6.20. The van der Waals surface area contributed by atoms with Crippen molar-refractivity contribution in [2.45, 2.75) is 19.3 Å². The van der Waals surface area contributed by atoms with Crippen molar-refractivity contribution >= 4 is 23.4 Å². The Kier molecular flexibility index (Phi) is 7.55. The van der Waals surface area contributed by atoms with Crippen LogP contribution in [-0.2, 0) is 16.0 Å². The van der Waals surface area contributed by atoms with Crippen molar-refractivity contribution in [3.05, 3.63) is 54.2 Å². The zero-order valence-electron chi connectivity index (χ0n) is 18.3. The zero-order valence-corrected chi connectivity index (χ0v) is 18.3. The second kappa shape index (κ2) is 10.9. The van der Waals surface area contributed by atoms with Crippen LogP contribution in [0.15, 0.2) is 48.7 Å². The fourth-order valence-corrected chi connectivity index (χ4v) is 4.23. The summed E-state index contributed by atoms with van der Waals surface area (Å²) in [5.74, 6) is 1.01. The number of rotatable bonds is 6. The van der Waals surface area contributed by atoms with E-state index in [0.29, 0.717) is 24.9 Å². The van der Waals surface area contributed by atoms with E-state index in [1.165, 1.54) is 5.56 Å². The molecule has 2 aliphatic rings. The standard InChI is InChI=1S/C24H31N5O3/c30-23(29-10-8-20(9-11-29)16-19-4-2-1-3-5-19)18-26-24(31)27-22-7-6-21(17-25-22)28-12-14-32-15-13-28/h1-7,17,20H,8-16,18H2,(H2,25,26,27,31). The zero-order chi connectivity index (χ0) is 22.2. The Morgan fingerprint density at radius 1 is 1.00 bits per heavy atom. The first-order chi connectivity index (χ1) is 15.7. The van der Waals surface area contributed by atoms with E-state index in [1.807, 2.05) is 17.0 Å². The minimum Gasteiger partial charge on any atom is -0.378 e. The van der Waals surface area contributed by atoms with Gasteiger partial charge in [0.25, 0.3) is 0 Å². The van der Waals surface area contributed by atoms with Gasteiger partial charge in [-0.25, -0.2) is 9.78 Å². The molecule has 2 saturated heterocycles. The molecule has 1 aromatic carbocycles. The van der Waals surface area contributed by atoms with Gasteiger partial charge < -0.3 is 19.9 Å². The maximum absolute atomic E-state index is 12.5. The van der Waals surface area contributed by atoms with Gasteiger partial charge in [0, 0.05) is 26.2 Å². The molecule has 0 saturated carbocycles. The first-order valence-corrected chi connectivity index (χ1v) is 11.3. The normalized spacial score (nSPS) is 17.1. The number of aromatic nitrogens is 1. The van der Waals surface area contributed by atoms with Gasteiger partial charge in [-0.1, -0.05) is 30.3 Å². The van der Waals surface area contributed by atoms with Crippen molar-refractivity contribution in [2.24, 2.45) is 5.92 Å². The molecule has 2 aromatic rings. The second-order valence-electron chi connectivity index (χ2n) is 8.32. The van der Waals surface area contributed by atoms with Crippen LogP contribution in [0.4, 0.5) is 16.3 Å². The Balaban J connectivity index is 1.16. The monoisotopic (exact) mass is 437 g/mol. The number of likely N-dealkylation sites (tertiary alicyclic amines) is 1. The lowest BCUT2D eigenvalue weighted by Gasteiger charge is -2.32. The van der Waals surface area contributed by atoms with Crippen molar-refractivity contribution in [1.29, 1.82) is 0 Å². The molecule has 2 aliphatic heterocycles. The molecular formula is C24H31N5O3. The molecule has 8 nitrogen and oxygen atoms in total. The van der Waals surface area contributed by atoms with Crippen LogP contribution < -0.4 is 15.5 Å². The molecule has 2 fully saturated rings. The number of anilines is 2. The Bertz CT molecular complexity index is 876. The summed E-state index contributed by atoms with van der Waals surface area (Å²) in [5, 5.41) is 5.34. The van der Waals surface area contributed by atoms with Crippen molar-refractivity contribution < 1.29 is 14.3 Å². The number of pyridine rings is 1. The van der Waals surface area contributed by atoms with Crippen molar-refractivity contribution in [3.8, 4) is 0 Å². The van der Waals surface area contributed by atoms with Crippen molar-refractivity contribution in [2.75, 3.05) is 56.2 Å². The summed E-state index contributed by atoms with van der Waals surface area (Å²) in [6.45, 7) is 4.55. The van der Waals surface area contributed by atoms with E-state index in [0.717, 1.165) is 51.1 Å². The van der Waals surface area contributed by atoms with Gasteiger partial charge in [-0.05, 0) is 42.9 Å². The molecule has 0 spiro atoms.